The van der Waals surface area contributed by atoms with Crippen molar-refractivity contribution in [1.82, 2.24) is 0 Å². The third kappa shape index (κ3) is 2.43. The van der Waals surface area contributed by atoms with Crippen LogP contribution in [0.5, 0.6) is 0 Å². The third-order valence-corrected chi connectivity index (χ3v) is 2.40. The van der Waals surface area contributed by atoms with Crippen LogP contribution >= 0.6 is 0 Å². The minimum absolute atomic E-state index is 0.102. The van der Waals surface area contributed by atoms with E-state index in [0.717, 1.165) is 11.1 Å². The van der Waals surface area contributed by atoms with Crippen molar-refractivity contribution in [2.75, 3.05) is 0 Å². The van der Waals surface area contributed by atoms with E-state index in [-0.39, 0.29) is 16.5 Å². The Morgan fingerprint density at radius 1 is 1.60 bits per heavy atom. The summed E-state index contributed by atoms with van der Waals surface area (Å²) in [5, 5.41) is 10.8. The molecule has 0 aliphatic carbocycles. The van der Waals surface area contributed by atoms with Crippen molar-refractivity contribution in [1.29, 1.82) is 0 Å². The first-order chi connectivity index (χ1) is 7.10. The van der Waals surface area contributed by atoms with E-state index in [1.165, 1.54) is 0 Å². The maximum Gasteiger partial charge on any atom is 0.272 e. The van der Waals surface area contributed by atoms with Crippen LogP contribution in [0.15, 0.2) is 30.9 Å². The lowest BCUT2D eigenvalue weighted by Crippen LogP contribution is -1.97. The van der Waals surface area contributed by atoms with E-state index in [4.69, 9.17) is 0 Å². The molecule has 0 spiro atoms. The van der Waals surface area contributed by atoms with Crippen LogP contribution in [0, 0.1) is 17.0 Å². The molecule has 0 fully saturated rings. The number of nitrogens with zero attached hydrogens (tertiary/aromatic N) is 1. The minimum atomic E-state index is -0.349. The molecule has 0 saturated heterocycles. The molecule has 0 aliphatic heterocycles. The molecule has 0 aliphatic rings. The number of nitro benzene ring substituents is 1. The van der Waals surface area contributed by atoms with Crippen LogP contribution in [0.25, 0.3) is 0 Å². The number of rotatable bonds is 4. The van der Waals surface area contributed by atoms with Crippen LogP contribution in [0.2, 0.25) is 0 Å². The molecule has 79 valence electrons. The molecule has 3 heteroatoms. The van der Waals surface area contributed by atoms with E-state index in [9.17, 15) is 10.1 Å². The van der Waals surface area contributed by atoms with E-state index < -0.39 is 0 Å². The summed E-state index contributed by atoms with van der Waals surface area (Å²) in [7, 11) is 0. The lowest BCUT2D eigenvalue weighted by molar-refractivity contribution is -0.385. The van der Waals surface area contributed by atoms with E-state index in [2.05, 4.69) is 13.5 Å². The SMILES string of the molecule is [CH2]C(C=C)c1ccc(CC)c([N+](=O)[O-])c1. The van der Waals surface area contributed by atoms with Crippen molar-refractivity contribution in [2.45, 2.75) is 19.3 Å². The van der Waals surface area contributed by atoms with Gasteiger partial charge in [-0.1, -0.05) is 25.1 Å². The summed E-state index contributed by atoms with van der Waals surface area (Å²) in [6.07, 6.45) is 2.33. The molecule has 1 aromatic carbocycles. The van der Waals surface area contributed by atoms with Crippen molar-refractivity contribution >= 4 is 5.69 Å². The van der Waals surface area contributed by atoms with Gasteiger partial charge in [0.1, 0.15) is 0 Å². The van der Waals surface area contributed by atoms with Gasteiger partial charge in [-0.3, -0.25) is 10.1 Å². The quantitative estimate of drug-likeness (QED) is 0.429. The molecule has 0 saturated carbocycles. The van der Waals surface area contributed by atoms with Gasteiger partial charge >= 0.3 is 0 Å². The van der Waals surface area contributed by atoms with Crippen molar-refractivity contribution in [3.05, 3.63) is 59.0 Å². The van der Waals surface area contributed by atoms with Crippen LogP contribution in [-0.4, -0.2) is 4.92 Å². The van der Waals surface area contributed by atoms with Crippen LogP contribution < -0.4 is 0 Å². The Morgan fingerprint density at radius 3 is 2.73 bits per heavy atom. The number of aryl methyl sites for hydroxylation is 1. The zero-order valence-electron chi connectivity index (χ0n) is 8.77. The number of benzene rings is 1. The maximum absolute atomic E-state index is 10.8. The fourth-order valence-corrected chi connectivity index (χ4v) is 1.42. The molecule has 0 heterocycles. The highest BCUT2D eigenvalue weighted by molar-refractivity contribution is 5.45. The highest BCUT2D eigenvalue weighted by atomic mass is 16.6. The second-order valence-electron chi connectivity index (χ2n) is 3.34. The fraction of sp³-hybridized carbons (Fsp3) is 0.250. The van der Waals surface area contributed by atoms with Gasteiger partial charge in [-0.25, -0.2) is 0 Å². The number of allylic oxidation sites excluding steroid dienone is 1. The molecule has 1 aromatic rings. The first-order valence-corrected chi connectivity index (χ1v) is 4.83. The van der Waals surface area contributed by atoms with Gasteiger partial charge < -0.3 is 0 Å². The Labute approximate surface area is 89.6 Å². The number of hydrogen-bond acceptors (Lipinski definition) is 2. The monoisotopic (exact) mass is 204 g/mol. The van der Waals surface area contributed by atoms with Crippen LogP contribution in [0.3, 0.4) is 0 Å². The second-order valence-corrected chi connectivity index (χ2v) is 3.34. The van der Waals surface area contributed by atoms with Crippen LogP contribution in [-0.2, 0) is 6.42 Å². The van der Waals surface area contributed by atoms with Gasteiger partial charge in [0.25, 0.3) is 5.69 Å². The Kier molecular flexibility index (Phi) is 3.61. The Morgan fingerprint density at radius 2 is 2.27 bits per heavy atom. The van der Waals surface area contributed by atoms with E-state index >= 15 is 0 Å². The highest BCUT2D eigenvalue weighted by Gasteiger charge is 2.14. The van der Waals surface area contributed by atoms with Crippen molar-refractivity contribution in [3.8, 4) is 0 Å². The average Bonchev–Trinajstić information content (AvgIpc) is 2.27. The predicted molar refractivity (Wildman–Crippen MR) is 60.8 cm³/mol. The summed E-state index contributed by atoms with van der Waals surface area (Å²) in [6.45, 7) is 9.36. The summed E-state index contributed by atoms with van der Waals surface area (Å²) in [5.74, 6) is -0.102. The Balaban J connectivity index is 3.21. The normalized spacial score (nSPS) is 12.1. The van der Waals surface area contributed by atoms with Crippen molar-refractivity contribution in [3.63, 3.8) is 0 Å². The first-order valence-electron chi connectivity index (χ1n) is 4.83. The smallest absolute Gasteiger partial charge is 0.258 e. The lowest BCUT2D eigenvalue weighted by atomic mass is 9.98. The Hall–Kier alpha value is -1.64. The molecule has 1 radical (unpaired) electrons. The molecule has 0 amide bonds. The minimum Gasteiger partial charge on any atom is -0.258 e. The molecule has 0 N–H and O–H groups in total. The van der Waals surface area contributed by atoms with Gasteiger partial charge in [0, 0.05) is 17.5 Å². The lowest BCUT2D eigenvalue weighted by Gasteiger charge is -2.07. The van der Waals surface area contributed by atoms with Crippen LogP contribution in [0.4, 0.5) is 5.69 Å². The molecule has 15 heavy (non-hydrogen) atoms. The van der Waals surface area contributed by atoms with Gasteiger partial charge in [0.05, 0.1) is 4.92 Å². The molecule has 3 nitrogen and oxygen atoms in total. The molecule has 1 rings (SSSR count). The third-order valence-electron chi connectivity index (χ3n) is 2.40. The largest absolute Gasteiger partial charge is 0.272 e. The second kappa shape index (κ2) is 4.73. The molecule has 0 bridgehead atoms. The van der Waals surface area contributed by atoms with Crippen molar-refractivity contribution in [2.24, 2.45) is 0 Å². The molecular formula is C12H14NO2. The van der Waals surface area contributed by atoms with Crippen LogP contribution in [0.1, 0.15) is 24.0 Å². The summed E-state index contributed by atoms with van der Waals surface area (Å²) in [5.41, 5.74) is 1.75. The highest BCUT2D eigenvalue weighted by Crippen LogP contribution is 2.25. The number of hydrogen-bond donors (Lipinski definition) is 0. The van der Waals surface area contributed by atoms with Gasteiger partial charge in [-0.2, -0.15) is 0 Å². The van der Waals surface area contributed by atoms with Gasteiger partial charge in [0.2, 0.25) is 0 Å². The molecule has 0 aromatic heterocycles. The summed E-state index contributed by atoms with van der Waals surface area (Å²) in [4.78, 5) is 10.5. The standard InChI is InChI=1S/C12H14NO2/c1-4-9(3)11-7-6-10(5-2)12(8-11)13(14)15/h4,6-9H,1,3,5H2,2H3. The van der Waals surface area contributed by atoms with Gasteiger partial charge in [0.15, 0.2) is 0 Å². The number of nitro groups is 1. The summed E-state index contributed by atoms with van der Waals surface area (Å²) >= 11 is 0. The first kappa shape index (κ1) is 11.4. The van der Waals surface area contributed by atoms with Crippen molar-refractivity contribution < 1.29 is 4.92 Å². The predicted octanol–water partition coefficient (Wildman–Crippen LogP) is 3.26. The Bertz CT molecular complexity index is 385. The molecule has 1 unspecified atom stereocenters. The van der Waals surface area contributed by atoms with E-state index in [1.807, 2.05) is 13.0 Å². The summed E-state index contributed by atoms with van der Waals surface area (Å²) in [6, 6.07) is 5.23. The topological polar surface area (TPSA) is 43.1 Å². The maximum atomic E-state index is 10.8. The van der Waals surface area contributed by atoms with Gasteiger partial charge in [-0.15, -0.1) is 6.58 Å². The average molecular weight is 204 g/mol. The van der Waals surface area contributed by atoms with E-state index in [0.29, 0.717) is 6.42 Å². The van der Waals surface area contributed by atoms with Gasteiger partial charge in [-0.05, 0) is 18.9 Å². The van der Waals surface area contributed by atoms with E-state index in [1.54, 1.807) is 18.2 Å². The summed E-state index contributed by atoms with van der Waals surface area (Å²) < 4.78 is 0. The fourth-order valence-electron chi connectivity index (χ4n) is 1.42. The zero-order chi connectivity index (χ0) is 11.4. The molecule has 1 atom stereocenters. The molecular weight excluding hydrogens is 190 g/mol. The zero-order valence-corrected chi connectivity index (χ0v) is 8.77.